The van der Waals surface area contributed by atoms with Crippen molar-refractivity contribution in [1.82, 2.24) is 10.2 Å². The fraction of sp³-hybridized carbons (Fsp3) is 1.00. The van der Waals surface area contributed by atoms with E-state index in [1.54, 1.807) is 0 Å². The number of nitrogens with zero attached hydrogens (tertiary/aromatic N) is 1. The lowest BCUT2D eigenvalue weighted by atomic mass is 10.1. The molecule has 0 radical (unpaired) electrons. The summed E-state index contributed by atoms with van der Waals surface area (Å²) in [5.74, 6) is 0. The number of rotatable bonds is 4. The van der Waals surface area contributed by atoms with Gasteiger partial charge in [-0.3, -0.25) is 4.90 Å². The van der Waals surface area contributed by atoms with Gasteiger partial charge < -0.3 is 10.4 Å². The molecule has 2 rings (SSSR count). The van der Waals surface area contributed by atoms with E-state index in [9.17, 15) is 0 Å². The molecule has 0 aromatic rings. The Labute approximate surface area is 80.1 Å². The van der Waals surface area contributed by atoms with Crippen LogP contribution in [0.4, 0.5) is 0 Å². The molecule has 0 amide bonds. The highest BCUT2D eigenvalue weighted by Crippen LogP contribution is 2.24. The number of hydrogen-bond acceptors (Lipinski definition) is 3. The standard InChI is InChI=1S/C10H20N2O/c13-6-2-4-9-3-1-5-12(9)10-7-11-8-10/h9-11,13H,1-8H2. The Morgan fingerprint density at radius 1 is 1.38 bits per heavy atom. The first-order valence-corrected chi connectivity index (χ1v) is 5.49. The molecule has 2 heterocycles. The summed E-state index contributed by atoms with van der Waals surface area (Å²) in [6.45, 7) is 3.99. The van der Waals surface area contributed by atoms with Gasteiger partial charge in [0.1, 0.15) is 0 Å². The molecule has 2 N–H and O–H groups in total. The van der Waals surface area contributed by atoms with Crippen LogP contribution in [0.2, 0.25) is 0 Å². The van der Waals surface area contributed by atoms with Gasteiger partial charge in [0, 0.05) is 31.8 Å². The van der Waals surface area contributed by atoms with E-state index in [4.69, 9.17) is 5.11 Å². The molecule has 0 aliphatic carbocycles. The summed E-state index contributed by atoms with van der Waals surface area (Å²) >= 11 is 0. The van der Waals surface area contributed by atoms with Crippen molar-refractivity contribution in [1.29, 1.82) is 0 Å². The zero-order valence-electron chi connectivity index (χ0n) is 8.21. The normalized spacial score (nSPS) is 30.7. The lowest BCUT2D eigenvalue weighted by Gasteiger charge is -2.39. The number of nitrogens with one attached hydrogen (secondary N) is 1. The SMILES string of the molecule is OCCCC1CCCN1C1CNC1. The van der Waals surface area contributed by atoms with Crippen LogP contribution in [0.5, 0.6) is 0 Å². The van der Waals surface area contributed by atoms with Crippen LogP contribution in [0.3, 0.4) is 0 Å². The predicted octanol–water partition coefficient (Wildman–Crippen LogP) is 0.195. The van der Waals surface area contributed by atoms with Gasteiger partial charge >= 0.3 is 0 Å². The first-order valence-electron chi connectivity index (χ1n) is 5.49. The molecule has 13 heavy (non-hydrogen) atoms. The summed E-state index contributed by atoms with van der Waals surface area (Å²) in [6, 6.07) is 1.56. The highest BCUT2D eigenvalue weighted by atomic mass is 16.2. The van der Waals surface area contributed by atoms with E-state index in [0.717, 1.165) is 18.5 Å². The summed E-state index contributed by atoms with van der Waals surface area (Å²) in [6.07, 6.45) is 4.86. The summed E-state index contributed by atoms with van der Waals surface area (Å²) < 4.78 is 0. The maximum absolute atomic E-state index is 8.79. The van der Waals surface area contributed by atoms with Crippen LogP contribution in [-0.4, -0.2) is 48.3 Å². The second-order valence-electron chi connectivity index (χ2n) is 4.21. The molecule has 0 saturated carbocycles. The molecular formula is C10H20N2O. The molecule has 0 aromatic carbocycles. The Morgan fingerprint density at radius 2 is 2.23 bits per heavy atom. The molecule has 0 aromatic heterocycles. The van der Waals surface area contributed by atoms with Crippen molar-refractivity contribution in [2.24, 2.45) is 0 Å². The van der Waals surface area contributed by atoms with Gasteiger partial charge in [0.25, 0.3) is 0 Å². The maximum Gasteiger partial charge on any atom is 0.0431 e. The molecule has 1 unspecified atom stereocenters. The zero-order valence-corrected chi connectivity index (χ0v) is 8.21. The summed E-state index contributed by atoms with van der Waals surface area (Å²) in [7, 11) is 0. The Bertz CT molecular complexity index is 159. The smallest absolute Gasteiger partial charge is 0.0431 e. The number of aliphatic hydroxyl groups excluding tert-OH is 1. The second-order valence-corrected chi connectivity index (χ2v) is 4.21. The van der Waals surface area contributed by atoms with Crippen LogP contribution in [0.25, 0.3) is 0 Å². The lowest BCUT2D eigenvalue weighted by Crippen LogP contribution is -2.58. The Hall–Kier alpha value is -0.120. The van der Waals surface area contributed by atoms with Gasteiger partial charge in [-0.2, -0.15) is 0 Å². The lowest BCUT2D eigenvalue weighted by molar-refractivity contribution is 0.121. The van der Waals surface area contributed by atoms with E-state index in [1.807, 2.05) is 0 Å². The van der Waals surface area contributed by atoms with Crippen molar-refractivity contribution in [2.45, 2.75) is 37.8 Å². The van der Waals surface area contributed by atoms with Crippen LogP contribution in [0.15, 0.2) is 0 Å². The van der Waals surface area contributed by atoms with Gasteiger partial charge in [0.15, 0.2) is 0 Å². The van der Waals surface area contributed by atoms with Crippen LogP contribution >= 0.6 is 0 Å². The van der Waals surface area contributed by atoms with E-state index in [2.05, 4.69) is 10.2 Å². The average molecular weight is 184 g/mol. The van der Waals surface area contributed by atoms with Crippen LogP contribution < -0.4 is 5.32 Å². The van der Waals surface area contributed by atoms with Gasteiger partial charge in [0.2, 0.25) is 0 Å². The Kier molecular flexibility index (Phi) is 3.19. The Morgan fingerprint density at radius 3 is 2.85 bits per heavy atom. The van der Waals surface area contributed by atoms with Gasteiger partial charge in [0.05, 0.1) is 0 Å². The summed E-state index contributed by atoms with van der Waals surface area (Å²) in [5, 5.41) is 12.1. The molecule has 2 saturated heterocycles. The zero-order chi connectivity index (χ0) is 9.10. The molecule has 0 spiro atoms. The van der Waals surface area contributed by atoms with Crippen LogP contribution in [0.1, 0.15) is 25.7 Å². The molecule has 1 atom stereocenters. The van der Waals surface area contributed by atoms with Crippen LogP contribution in [0, 0.1) is 0 Å². The fourth-order valence-corrected chi connectivity index (χ4v) is 2.48. The minimum absolute atomic E-state index is 0.354. The minimum Gasteiger partial charge on any atom is -0.396 e. The van der Waals surface area contributed by atoms with Gasteiger partial charge in [-0.05, 0) is 32.2 Å². The highest BCUT2D eigenvalue weighted by Gasteiger charge is 2.32. The fourth-order valence-electron chi connectivity index (χ4n) is 2.48. The van der Waals surface area contributed by atoms with Crippen LogP contribution in [-0.2, 0) is 0 Å². The van der Waals surface area contributed by atoms with Gasteiger partial charge in [-0.1, -0.05) is 0 Å². The quantitative estimate of drug-likeness (QED) is 0.655. The maximum atomic E-state index is 8.79. The third-order valence-corrected chi connectivity index (χ3v) is 3.35. The molecule has 2 aliphatic heterocycles. The predicted molar refractivity (Wildman–Crippen MR) is 52.7 cm³/mol. The monoisotopic (exact) mass is 184 g/mol. The molecule has 2 fully saturated rings. The molecule has 2 aliphatic rings. The number of hydrogen-bond donors (Lipinski definition) is 2. The summed E-state index contributed by atoms with van der Waals surface area (Å²) in [5.41, 5.74) is 0. The first kappa shape index (κ1) is 9.44. The average Bonchev–Trinajstić information content (AvgIpc) is 2.46. The highest BCUT2D eigenvalue weighted by molar-refractivity contribution is 4.91. The third kappa shape index (κ3) is 2.03. The van der Waals surface area contributed by atoms with Gasteiger partial charge in [-0.15, -0.1) is 0 Å². The molecule has 3 nitrogen and oxygen atoms in total. The van der Waals surface area contributed by atoms with E-state index in [-0.39, 0.29) is 0 Å². The topological polar surface area (TPSA) is 35.5 Å². The molecular weight excluding hydrogens is 164 g/mol. The van der Waals surface area contributed by atoms with Crippen molar-refractivity contribution in [3.8, 4) is 0 Å². The third-order valence-electron chi connectivity index (χ3n) is 3.35. The van der Waals surface area contributed by atoms with Crippen molar-refractivity contribution in [3.05, 3.63) is 0 Å². The van der Waals surface area contributed by atoms with Crippen molar-refractivity contribution in [2.75, 3.05) is 26.2 Å². The molecule has 0 bridgehead atoms. The van der Waals surface area contributed by atoms with E-state index >= 15 is 0 Å². The first-order chi connectivity index (χ1) is 6.42. The largest absolute Gasteiger partial charge is 0.396 e. The number of likely N-dealkylation sites (tertiary alicyclic amines) is 1. The van der Waals surface area contributed by atoms with Crippen molar-refractivity contribution >= 4 is 0 Å². The number of aliphatic hydroxyl groups is 1. The van der Waals surface area contributed by atoms with E-state index < -0.39 is 0 Å². The Balaban J connectivity index is 1.79. The minimum atomic E-state index is 0.354. The van der Waals surface area contributed by atoms with E-state index in [0.29, 0.717) is 6.61 Å². The second kappa shape index (κ2) is 4.40. The molecule has 76 valence electrons. The van der Waals surface area contributed by atoms with Crippen molar-refractivity contribution in [3.63, 3.8) is 0 Å². The van der Waals surface area contributed by atoms with Crippen molar-refractivity contribution < 1.29 is 5.11 Å². The molecule has 3 heteroatoms. The van der Waals surface area contributed by atoms with Gasteiger partial charge in [-0.25, -0.2) is 0 Å². The summed E-state index contributed by atoms with van der Waals surface area (Å²) in [4.78, 5) is 2.64. The van der Waals surface area contributed by atoms with E-state index in [1.165, 1.54) is 38.9 Å².